The van der Waals surface area contributed by atoms with Gasteiger partial charge < -0.3 is 0 Å². The summed E-state index contributed by atoms with van der Waals surface area (Å²) in [7, 11) is 0. The molecule has 0 fully saturated rings. The minimum atomic E-state index is -4.47. The summed E-state index contributed by atoms with van der Waals surface area (Å²) >= 11 is 17.5. The zero-order chi connectivity index (χ0) is 14.2. The lowest BCUT2D eigenvalue weighted by Gasteiger charge is -2.14. The second-order valence-corrected chi connectivity index (χ2v) is 5.01. The lowest BCUT2D eigenvalue weighted by atomic mass is 9.99. The van der Waals surface area contributed by atoms with Gasteiger partial charge in [-0.1, -0.05) is 53.0 Å². The van der Waals surface area contributed by atoms with E-state index in [1.807, 2.05) is 0 Å². The van der Waals surface area contributed by atoms with E-state index >= 15 is 0 Å². The smallest absolute Gasteiger partial charge is 0.166 e. The fraction of sp³-hybridized carbons (Fsp3) is 0.0769. The molecule has 19 heavy (non-hydrogen) atoms. The molecule has 0 bridgehead atoms. The first-order valence-corrected chi connectivity index (χ1v) is 6.25. The zero-order valence-electron chi connectivity index (χ0n) is 9.23. The summed E-state index contributed by atoms with van der Waals surface area (Å²) in [6.45, 7) is 0. The first-order valence-electron chi connectivity index (χ1n) is 5.12. The van der Waals surface area contributed by atoms with Crippen LogP contribution >= 0.6 is 34.8 Å². The van der Waals surface area contributed by atoms with Crippen LogP contribution in [-0.2, 0) is 6.18 Å². The van der Waals surface area contributed by atoms with Gasteiger partial charge in [0.25, 0.3) is 0 Å². The van der Waals surface area contributed by atoms with Gasteiger partial charge in [-0.05, 0) is 23.8 Å². The molecule has 0 heterocycles. The van der Waals surface area contributed by atoms with Crippen molar-refractivity contribution in [2.45, 2.75) is 6.18 Å². The Bertz CT molecular complexity index is 621. The summed E-state index contributed by atoms with van der Waals surface area (Å²) in [6, 6.07) is 7.81. The Morgan fingerprint density at radius 3 is 1.95 bits per heavy atom. The SMILES string of the molecule is FC(F)(F)c1ccccc1-c1cc(Cl)c(Cl)cc1Cl. The largest absolute Gasteiger partial charge is 0.417 e. The van der Waals surface area contributed by atoms with Crippen LogP contribution in [0.3, 0.4) is 0 Å². The molecule has 0 amide bonds. The predicted molar refractivity (Wildman–Crippen MR) is 71.9 cm³/mol. The summed E-state index contributed by atoms with van der Waals surface area (Å²) in [5.41, 5.74) is -0.599. The van der Waals surface area contributed by atoms with Crippen molar-refractivity contribution in [3.8, 4) is 11.1 Å². The van der Waals surface area contributed by atoms with E-state index in [9.17, 15) is 13.2 Å². The van der Waals surface area contributed by atoms with Gasteiger partial charge in [-0.25, -0.2) is 0 Å². The third-order valence-corrected chi connectivity index (χ3v) is 3.57. The van der Waals surface area contributed by atoms with Crippen LogP contribution < -0.4 is 0 Å². The van der Waals surface area contributed by atoms with E-state index in [0.29, 0.717) is 0 Å². The van der Waals surface area contributed by atoms with Crippen molar-refractivity contribution in [1.29, 1.82) is 0 Å². The second-order valence-electron chi connectivity index (χ2n) is 3.79. The molecule has 0 N–H and O–H groups in total. The van der Waals surface area contributed by atoms with Gasteiger partial charge >= 0.3 is 6.18 Å². The molecule has 2 rings (SSSR count). The van der Waals surface area contributed by atoms with Crippen molar-refractivity contribution < 1.29 is 13.2 Å². The minimum Gasteiger partial charge on any atom is -0.166 e. The van der Waals surface area contributed by atoms with Crippen LogP contribution in [0.2, 0.25) is 15.1 Å². The van der Waals surface area contributed by atoms with E-state index in [1.54, 1.807) is 0 Å². The highest BCUT2D eigenvalue weighted by Gasteiger charge is 2.33. The molecule has 6 heteroatoms. The first-order chi connectivity index (χ1) is 8.80. The van der Waals surface area contributed by atoms with Crippen LogP contribution in [0.4, 0.5) is 13.2 Å². The van der Waals surface area contributed by atoms with Gasteiger partial charge in [0.1, 0.15) is 0 Å². The van der Waals surface area contributed by atoms with Crippen molar-refractivity contribution in [2.75, 3.05) is 0 Å². The van der Waals surface area contributed by atoms with Crippen LogP contribution in [0, 0.1) is 0 Å². The lowest BCUT2D eigenvalue weighted by molar-refractivity contribution is -0.137. The van der Waals surface area contributed by atoms with Gasteiger partial charge in [-0.3, -0.25) is 0 Å². The molecule has 0 saturated heterocycles. The molecule has 0 atom stereocenters. The Kier molecular flexibility index (Phi) is 4.00. The molecule has 0 spiro atoms. The van der Waals surface area contributed by atoms with Gasteiger partial charge in [0.2, 0.25) is 0 Å². The standard InChI is InChI=1S/C13H6Cl3F3/c14-10-6-12(16)11(15)5-8(10)7-3-1-2-4-9(7)13(17,18)19/h1-6H. The maximum absolute atomic E-state index is 12.9. The molecule has 0 unspecified atom stereocenters. The molecule has 0 aliphatic heterocycles. The maximum atomic E-state index is 12.9. The van der Waals surface area contributed by atoms with E-state index in [2.05, 4.69) is 0 Å². The average Bonchev–Trinajstić information content (AvgIpc) is 2.33. The molecule has 2 aromatic carbocycles. The topological polar surface area (TPSA) is 0 Å². The first kappa shape index (κ1) is 14.5. The highest BCUT2D eigenvalue weighted by atomic mass is 35.5. The number of hydrogen-bond donors (Lipinski definition) is 0. The molecule has 0 aromatic heterocycles. The van der Waals surface area contributed by atoms with Crippen molar-refractivity contribution in [1.82, 2.24) is 0 Å². The van der Waals surface area contributed by atoms with Crippen molar-refractivity contribution in [3.05, 3.63) is 57.0 Å². The number of hydrogen-bond acceptors (Lipinski definition) is 0. The Balaban J connectivity index is 2.70. The fourth-order valence-corrected chi connectivity index (χ4v) is 2.34. The molecule has 2 aromatic rings. The highest BCUT2D eigenvalue weighted by molar-refractivity contribution is 6.44. The normalized spacial score (nSPS) is 11.7. The van der Waals surface area contributed by atoms with E-state index in [1.165, 1.54) is 30.3 Å². The highest BCUT2D eigenvalue weighted by Crippen LogP contribution is 2.41. The fourth-order valence-electron chi connectivity index (χ4n) is 1.69. The molecule has 0 aliphatic carbocycles. The van der Waals surface area contributed by atoms with Crippen LogP contribution in [0.1, 0.15) is 5.56 Å². The maximum Gasteiger partial charge on any atom is 0.417 e. The van der Waals surface area contributed by atoms with Gasteiger partial charge in [-0.15, -0.1) is 0 Å². The van der Waals surface area contributed by atoms with Gasteiger partial charge in [0.05, 0.1) is 15.6 Å². The van der Waals surface area contributed by atoms with Crippen molar-refractivity contribution in [3.63, 3.8) is 0 Å². The summed E-state index contributed by atoms with van der Waals surface area (Å²) < 4.78 is 38.8. The number of alkyl halides is 3. The van der Waals surface area contributed by atoms with E-state index in [-0.39, 0.29) is 26.2 Å². The van der Waals surface area contributed by atoms with Crippen LogP contribution in [0.15, 0.2) is 36.4 Å². The number of benzene rings is 2. The quantitative estimate of drug-likeness (QED) is 0.537. The summed E-state index contributed by atoms with van der Waals surface area (Å²) in [5, 5.41) is 0.462. The van der Waals surface area contributed by atoms with Gasteiger partial charge in [-0.2, -0.15) is 13.2 Å². The molecule has 100 valence electrons. The van der Waals surface area contributed by atoms with E-state index in [0.717, 1.165) is 6.07 Å². The van der Waals surface area contributed by atoms with Crippen molar-refractivity contribution in [2.24, 2.45) is 0 Å². The Labute approximate surface area is 122 Å². The average molecular weight is 326 g/mol. The predicted octanol–water partition coefficient (Wildman–Crippen LogP) is 6.33. The molecule has 0 saturated carbocycles. The van der Waals surface area contributed by atoms with Gasteiger partial charge in [0, 0.05) is 10.6 Å². The van der Waals surface area contributed by atoms with Crippen LogP contribution in [0.5, 0.6) is 0 Å². The molecular formula is C13H6Cl3F3. The zero-order valence-corrected chi connectivity index (χ0v) is 11.5. The second kappa shape index (κ2) is 5.23. The lowest BCUT2D eigenvalue weighted by Crippen LogP contribution is -2.07. The van der Waals surface area contributed by atoms with E-state index < -0.39 is 11.7 Å². The molecule has 0 radical (unpaired) electrons. The van der Waals surface area contributed by atoms with Gasteiger partial charge in [0.15, 0.2) is 0 Å². The third kappa shape index (κ3) is 2.99. The third-order valence-electron chi connectivity index (χ3n) is 2.53. The summed E-state index contributed by atoms with van der Waals surface area (Å²) in [6.07, 6.45) is -4.47. The van der Waals surface area contributed by atoms with E-state index in [4.69, 9.17) is 34.8 Å². The van der Waals surface area contributed by atoms with Crippen molar-refractivity contribution >= 4 is 34.8 Å². The number of halogens is 6. The van der Waals surface area contributed by atoms with Crippen LogP contribution in [0.25, 0.3) is 11.1 Å². The number of rotatable bonds is 1. The summed E-state index contributed by atoms with van der Waals surface area (Å²) in [5.74, 6) is 0. The Morgan fingerprint density at radius 1 is 0.737 bits per heavy atom. The molecule has 0 aliphatic rings. The Morgan fingerprint density at radius 2 is 1.32 bits per heavy atom. The Hall–Kier alpha value is -0.900. The minimum absolute atomic E-state index is 0.0291. The molecular weight excluding hydrogens is 319 g/mol. The monoisotopic (exact) mass is 324 g/mol. The summed E-state index contributed by atoms with van der Waals surface area (Å²) in [4.78, 5) is 0. The van der Waals surface area contributed by atoms with Crippen LogP contribution in [-0.4, -0.2) is 0 Å². The molecule has 0 nitrogen and oxygen atoms in total.